The highest BCUT2D eigenvalue weighted by molar-refractivity contribution is 5.21. The zero-order chi connectivity index (χ0) is 16.1. The van der Waals surface area contributed by atoms with Crippen LogP contribution >= 0.6 is 0 Å². The number of aromatic amines is 1. The molecule has 0 unspecified atom stereocenters. The maximum atomic E-state index is 8.82. The Balaban J connectivity index is 1.54. The van der Waals surface area contributed by atoms with Crippen molar-refractivity contribution in [2.75, 3.05) is 26.2 Å². The van der Waals surface area contributed by atoms with E-state index in [-0.39, 0.29) is 6.10 Å². The van der Waals surface area contributed by atoms with Crippen LogP contribution < -0.4 is 0 Å². The predicted molar refractivity (Wildman–Crippen MR) is 82.5 cm³/mol. The van der Waals surface area contributed by atoms with Gasteiger partial charge in [0.05, 0.1) is 24.9 Å². The normalized spacial score (nSPS) is 18.9. The van der Waals surface area contributed by atoms with Crippen molar-refractivity contribution in [3.8, 4) is 6.07 Å². The summed E-state index contributed by atoms with van der Waals surface area (Å²) in [5, 5.41) is 20.3. The number of hydrogen-bond donors (Lipinski definition) is 1. The number of aromatic nitrogens is 5. The van der Waals surface area contributed by atoms with Gasteiger partial charge in [0.1, 0.15) is 18.0 Å². The van der Waals surface area contributed by atoms with Crippen molar-refractivity contribution < 1.29 is 4.74 Å². The maximum Gasteiger partial charge on any atom is 0.180 e. The van der Waals surface area contributed by atoms with Crippen LogP contribution in [0.1, 0.15) is 36.7 Å². The van der Waals surface area contributed by atoms with Gasteiger partial charge in [-0.1, -0.05) is 6.92 Å². The van der Waals surface area contributed by atoms with E-state index in [1.807, 2.05) is 0 Å². The van der Waals surface area contributed by atoms with Gasteiger partial charge in [0.15, 0.2) is 5.82 Å². The van der Waals surface area contributed by atoms with Crippen LogP contribution in [0.3, 0.4) is 0 Å². The fourth-order valence-electron chi connectivity index (χ4n) is 2.65. The van der Waals surface area contributed by atoms with Crippen LogP contribution in [0, 0.1) is 11.3 Å². The van der Waals surface area contributed by atoms with E-state index in [9.17, 15) is 0 Å². The molecule has 0 spiro atoms. The molecule has 2 aromatic heterocycles. The van der Waals surface area contributed by atoms with E-state index >= 15 is 0 Å². The summed E-state index contributed by atoms with van der Waals surface area (Å²) < 4.78 is 7.61. The largest absolute Gasteiger partial charge is 0.367 e. The van der Waals surface area contributed by atoms with Crippen molar-refractivity contribution in [1.29, 1.82) is 5.26 Å². The van der Waals surface area contributed by atoms with E-state index in [4.69, 9.17) is 10.00 Å². The first kappa shape index (κ1) is 15.6. The SMILES string of the molecule is CCCc1nc([C@@H]2CN(CCn3cc(C#N)cn3)CCO2)n[nH]1. The highest BCUT2D eigenvalue weighted by Crippen LogP contribution is 2.19. The minimum Gasteiger partial charge on any atom is -0.367 e. The molecule has 0 aliphatic carbocycles. The Morgan fingerprint density at radius 3 is 3.17 bits per heavy atom. The van der Waals surface area contributed by atoms with E-state index in [1.54, 1.807) is 17.1 Å². The van der Waals surface area contributed by atoms with Crippen molar-refractivity contribution in [2.24, 2.45) is 0 Å². The average molecular weight is 315 g/mol. The zero-order valence-corrected chi connectivity index (χ0v) is 13.3. The molecule has 3 heterocycles. The molecule has 1 aliphatic heterocycles. The molecule has 0 amide bonds. The van der Waals surface area contributed by atoms with Gasteiger partial charge in [0.2, 0.25) is 0 Å². The van der Waals surface area contributed by atoms with Crippen LogP contribution in [0.5, 0.6) is 0 Å². The first-order valence-corrected chi connectivity index (χ1v) is 7.96. The fraction of sp³-hybridized carbons (Fsp3) is 0.600. The molecule has 23 heavy (non-hydrogen) atoms. The third-order valence-electron chi connectivity index (χ3n) is 3.88. The van der Waals surface area contributed by atoms with Gasteiger partial charge in [-0.2, -0.15) is 15.5 Å². The molecule has 1 N–H and O–H groups in total. The summed E-state index contributed by atoms with van der Waals surface area (Å²) in [6, 6.07) is 2.09. The second kappa shape index (κ2) is 7.35. The highest BCUT2D eigenvalue weighted by Gasteiger charge is 2.25. The lowest BCUT2D eigenvalue weighted by Gasteiger charge is -2.31. The van der Waals surface area contributed by atoms with Crippen molar-refractivity contribution in [1.82, 2.24) is 29.9 Å². The molecule has 122 valence electrons. The molecular formula is C15H21N7O. The fourth-order valence-corrected chi connectivity index (χ4v) is 2.65. The average Bonchev–Trinajstić information content (AvgIpc) is 3.23. The number of aryl methyl sites for hydroxylation is 1. The molecule has 1 saturated heterocycles. The third kappa shape index (κ3) is 3.94. The summed E-state index contributed by atoms with van der Waals surface area (Å²) in [5.74, 6) is 1.66. The predicted octanol–water partition coefficient (Wildman–Crippen LogP) is 0.899. The quantitative estimate of drug-likeness (QED) is 0.851. The van der Waals surface area contributed by atoms with Crippen molar-refractivity contribution in [3.63, 3.8) is 0 Å². The highest BCUT2D eigenvalue weighted by atomic mass is 16.5. The standard InChI is InChI=1S/C15H21N7O/c1-2-3-14-18-15(20-19-14)13-11-21(6-7-23-13)4-5-22-10-12(8-16)9-17-22/h9-10,13H,2-7,11H2,1H3,(H,18,19,20)/t13-/m0/s1. The number of H-pyrrole nitrogens is 1. The van der Waals surface area contributed by atoms with Crippen LogP contribution in [-0.2, 0) is 17.7 Å². The summed E-state index contributed by atoms with van der Waals surface area (Å²) in [6.07, 6.45) is 5.22. The molecule has 2 aromatic rings. The van der Waals surface area contributed by atoms with Crippen LogP contribution in [0.2, 0.25) is 0 Å². The van der Waals surface area contributed by atoms with Gasteiger partial charge in [-0.25, -0.2) is 4.98 Å². The van der Waals surface area contributed by atoms with E-state index in [1.165, 1.54) is 0 Å². The zero-order valence-electron chi connectivity index (χ0n) is 13.3. The van der Waals surface area contributed by atoms with Crippen molar-refractivity contribution in [2.45, 2.75) is 32.4 Å². The Labute approximate surface area is 135 Å². The number of nitriles is 1. The number of hydrogen-bond acceptors (Lipinski definition) is 6. The van der Waals surface area contributed by atoms with Gasteiger partial charge in [-0.15, -0.1) is 0 Å². The summed E-state index contributed by atoms with van der Waals surface area (Å²) in [4.78, 5) is 6.84. The van der Waals surface area contributed by atoms with E-state index in [0.717, 1.165) is 50.7 Å². The second-order valence-electron chi connectivity index (χ2n) is 5.65. The molecule has 0 radical (unpaired) electrons. The first-order chi connectivity index (χ1) is 11.3. The minimum absolute atomic E-state index is 0.0853. The topological polar surface area (TPSA) is 95.7 Å². The number of rotatable bonds is 6. The van der Waals surface area contributed by atoms with Crippen molar-refractivity contribution >= 4 is 0 Å². The summed E-state index contributed by atoms with van der Waals surface area (Å²) >= 11 is 0. The molecule has 8 heteroatoms. The van der Waals surface area contributed by atoms with E-state index < -0.39 is 0 Å². The molecule has 1 atom stereocenters. The Bertz CT molecular complexity index is 671. The van der Waals surface area contributed by atoms with Crippen LogP contribution in [0.15, 0.2) is 12.4 Å². The van der Waals surface area contributed by atoms with Gasteiger partial charge in [-0.3, -0.25) is 14.7 Å². The lowest BCUT2D eigenvalue weighted by atomic mass is 10.2. The van der Waals surface area contributed by atoms with Crippen LogP contribution in [0.4, 0.5) is 0 Å². The summed E-state index contributed by atoms with van der Waals surface area (Å²) in [6.45, 7) is 6.06. The molecular weight excluding hydrogens is 294 g/mol. The van der Waals surface area contributed by atoms with E-state index in [0.29, 0.717) is 12.2 Å². The number of nitrogens with one attached hydrogen (secondary N) is 1. The maximum absolute atomic E-state index is 8.82. The minimum atomic E-state index is -0.0853. The van der Waals surface area contributed by atoms with Gasteiger partial charge in [0.25, 0.3) is 0 Å². The van der Waals surface area contributed by atoms with Gasteiger partial charge in [0, 0.05) is 32.3 Å². The Morgan fingerprint density at radius 2 is 2.39 bits per heavy atom. The second-order valence-corrected chi connectivity index (χ2v) is 5.65. The van der Waals surface area contributed by atoms with Gasteiger partial charge in [-0.05, 0) is 6.42 Å². The molecule has 1 aliphatic rings. The summed E-state index contributed by atoms with van der Waals surface area (Å²) in [5.41, 5.74) is 0.592. The number of nitrogens with zero attached hydrogens (tertiary/aromatic N) is 6. The number of ether oxygens (including phenoxy) is 1. The lowest BCUT2D eigenvalue weighted by Crippen LogP contribution is -2.40. The third-order valence-corrected chi connectivity index (χ3v) is 3.88. The Morgan fingerprint density at radius 1 is 1.48 bits per heavy atom. The molecule has 1 fully saturated rings. The van der Waals surface area contributed by atoms with Crippen LogP contribution in [0.25, 0.3) is 0 Å². The van der Waals surface area contributed by atoms with Crippen LogP contribution in [-0.4, -0.2) is 56.1 Å². The lowest BCUT2D eigenvalue weighted by molar-refractivity contribution is -0.0352. The first-order valence-electron chi connectivity index (χ1n) is 7.96. The molecule has 3 rings (SSSR count). The monoisotopic (exact) mass is 315 g/mol. The van der Waals surface area contributed by atoms with Crippen molar-refractivity contribution in [3.05, 3.63) is 29.6 Å². The van der Waals surface area contributed by atoms with Gasteiger partial charge < -0.3 is 4.74 Å². The molecule has 0 bridgehead atoms. The Kier molecular flexibility index (Phi) is 5.00. The smallest absolute Gasteiger partial charge is 0.180 e. The van der Waals surface area contributed by atoms with E-state index in [2.05, 4.69) is 38.2 Å². The molecule has 0 aromatic carbocycles. The summed E-state index contributed by atoms with van der Waals surface area (Å²) in [7, 11) is 0. The van der Waals surface area contributed by atoms with Gasteiger partial charge >= 0.3 is 0 Å². The number of morpholine rings is 1. The molecule has 0 saturated carbocycles. The molecule has 8 nitrogen and oxygen atoms in total. The Hall–Kier alpha value is -2.24.